The molecule has 1 aromatic rings. The number of hydrogen-bond acceptors (Lipinski definition) is 1. The van der Waals surface area contributed by atoms with E-state index in [1.165, 1.54) is 50.6 Å². The van der Waals surface area contributed by atoms with Crippen LogP contribution in [0.15, 0.2) is 24.3 Å². The normalized spacial score (nSPS) is 35.6. The second-order valence-corrected chi connectivity index (χ2v) is 7.40. The molecule has 2 heteroatoms. The molecule has 4 rings (SSSR count). The summed E-state index contributed by atoms with van der Waals surface area (Å²) in [7, 11) is 0. The fourth-order valence-corrected chi connectivity index (χ4v) is 4.70. The largest absolute Gasteiger partial charge is 0.313 e. The summed E-state index contributed by atoms with van der Waals surface area (Å²) in [5.74, 6) is 1.73. The summed E-state index contributed by atoms with van der Waals surface area (Å²) in [5, 5.41) is 3.78. The van der Waals surface area contributed by atoms with Gasteiger partial charge in [-0.25, -0.2) is 4.39 Å². The molecule has 2 bridgehead atoms. The van der Waals surface area contributed by atoms with E-state index in [9.17, 15) is 4.39 Å². The third-order valence-corrected chi connectivity index (χ3v) is 5.89. The molecule has 0 amide bonds. The molecule has 3 atom stereocenters. The van der Waals surface area contributed by atoms with Crippen LogP contribution in [0.3, 0.4) is 0 Å². The zero-order chi connectivity index (χ0) is 13.6. The van der Waals surface area contributed by atoms with Crippen LogP contribution in [0.4, 0.5) is 4.39 Å². The average Bonchev–Trinajstić information content (AvgIpc) is 3.08. The van der Waals surface area contributed by atoms with E-state index >= 15 is 0 Å². The van der Waals surface area contributed by atoms with Gasteiger partial charge in [-0.05, 0) is 73.5 Å². The van der Waals surface area contributed by atoms with Crippen molar-refractivity contribution in [2.24, 2.45) is 17.3 Å². The Bertz CT molecular complexity index is 479. The lowest BCUT2D eigenvalue weighted by Crippen LogP contribution is -2.41. The molecule has 3 aliphatic rings. The molecule has 1 aromatic carbocycles. The van der Waals surface area contributed by atoms with Crippen LogP contribution in [-0.4, -0.2) is 12.6 Å². The number of halogens is 1. The van der Waals surface area contributed by atoms with Crippen LogP contribution in [0, 0.1) is 23.1 Å². The molecular weight excluding hydrogens is 249 g/mol. The Hall–Kier alpha value is -0.890. The van der Waals surface area contributed by atoms with Crippen LogP contribution in [0.25, 0.3) is 0 Å². The summed E-state index contributed by atoms with van der Waals surface area (Å²) in [6.45, 7) is 1.18. The van der Waals surface area contributed by atoms with Crippen molar-refractivity contribution in [3.8, 4) is 0 Å². The predicted octanol–water partition coefficient (Wildman–Crippen LogP) is 3.93. The number of hydrogen-bond donors (Lipinski definition) is 1. The van der Waals surface area contributed by atoms with E-state index in [4.69, 9.17) is 0 Å². The van der Waals surface area contributed by atoms with E-state index in [0.29, 0.717) is 5.41 Å². The van der Waals surface area contributed by atoms with Crippen LogP contribution in [-0.2, 0) is 6.42 Å². The second-order valence-electron chi connectivity index (χ2n) is 7.40. The summed E-state index contributed by atoms with van der Waals surface area (Å²) in [6, 6.07) is 7.99. The van der Waals surface area contributed by atoms with Crippen molar-refractivity contribution in [2.75, 3.05) is 6.54 Å². The smallest absolute Gasteiger partial charge is 0.123 e. The fourth-order valence-electron chi connectivity index (χ4n) is 4.70. The van der Waals surface area contributed by atoms with E-state index in [-0.39, 0.29) is 5.82 Å². The highest BCUT2D eigenvalue weighted by Gasteiger charge is 2.50. The van der Waals surface area contributed by atoms with E-state index < -0.39 is 0 Å². The SMILES string of the molecule is Fc1ccc(CC2(CNC3CC3)CC3CCC2C3)cc1. The monoisotopic (exact) mass is 273 g/mol. The predicted molar refractivity (Wildman–Crippen MR) is 79.0 cm³/mol. The van der Waals surface area contributed by atoms with Crippen LogP contribution in [0.2, 0.25) is 0 Å². The third kappa shape index (κ3) is 2.39. The van der Waals surface area contributed by atoms with Crippen molar-refractivity contribution < 1.29 is 4.39 Å². The van der Waals surface area contributed by atoms with Gasteiger partial charge in [0.25, 0.3) is 0 Å². The van der Waals surface area contributed by atoms with Gasteiger partial charge in [-0.3, -0.25) is 0 Å². The van der Waals surface area contributed by atoms with Gasteiger partial charge < -0.3 is 5.32 Å². The molecule has 20 heavy (non-hydrogen) atoms. The van der Waals surface area contributed by atoms with E-state index in [2.05, 4.69) is 5.32 Å². The zero-order valence-corrected chi connectivity index (χ0v) is 12.1. The van der Waals surface area contributed by atoms with E-state index in [0.717, 1.165) is 24.3 Å². The minimum Gasteiger partial charge on any atom is -0.313 e. The molecule has 0 aromatic heterocycles. The lowest BCUT2D eigenvalue weighted by Gasteiger charge is -2.38. The number of benzene rings is 1. The first-order valence-electron chi connectivity index (χ1n) is 8.21. The molecule has 108 valence electrons. The molecule has 3 aliphatic carbocycles. The van der Waals surface area contributed by atoms with Gasteiger partial charge in [-0.2, -0.15) is 0 Å². The number of nitrogens with one attached hydrogen (secondary N) is 1. The maximum Gasteiger partial charge on any atom is 0.123 e. The van der Waals surface area contributed by atoms with Gasteiger partial charge in [0.05, 0.1) is 0 Å². The molecule has 1 nitrogen and oxygen atoms in total. The Kier molecular flexibility index (Phi) is 3.10. The minimum absolute atomic E-state index is 0.119. The first-order chi connectivity index (χ1) is 9.73. The van der Waals surface area contributed by atoms with E-state index in [1.54, 1.807) is 12.1 Å². The first-order valence-corrected chi connectivity index (χ1v) is 8.21. The van der Waals surface area contributed by atoms with Crippen LogP contribution < -0.4 is 5.32 Å². The Morgan fingerprint density at radius 3 is 2.50 bits per heavy atom. The van der Waals surface area contributed by atoms with Gasteiger partial charge in [0, 0.05) is 12.6 Å². The number of rotatable bonds is 5. The maximum atomic E-state index is 13.1. The Morgan fingerprint density at radius 1 is 1.10 bits per heavy atom. The molecule has 3 fully saturated rings. The third-order valence-electron chi connectivity index (χ3n) is 5.89. The fraction of sp³-hybridized carbons (Fsp3) is 0.667. The van der Waals surface area contributed by atoms with Gasteiger partial charge >= 0.3 is 0 Å². The van der Waals surface area contributed by atoms with Crippen LogP contribution in [0.1, 0.15) is 44.1 Å². The standard InChI is InChI=1S/C18H24FN/c19-16-5-2-13(3-6-16)10-18(12-20-17-7-8-17)11-14-1-4-15(18)9-14/h2-3,5-6,14-15,17,20H,1,4,7-12H2. The average molecular weight is 273 g/mol. The summed E-state index contributed by atoms with van der Waals surface area (Å²) in [4.78, 5) is 0. The van der Waals surface area contributed by atoms with Gasteiger partial charge in [-0.15, -0.1) is 0 Å². The van der Waals surface area contributed by atoms with Gasteiger partial charge in [0.1, 0.15) is 5.82 Å². The van der Waals surface area contributed by atoms with Crippen molar-refractivity contribution in [2.45, 2.75) is 51.0 Å². The van der Waals surface area contributed by atoms with Crippen LogP contribution in [0.5, 0.6) is 0 Å². The molecule has 1 N–H and O–H groups in total. The minimum atomic E-state index is -0.119. The lowest BCUT2D eigenvalue weighted by molar-refractivity contribution is 0.155. The highest BCUT2D eigenvalue weighted by molar-refractivity contribution is 5.20. The van der Waals surface area contributed by atoms with Gasteiger partial charge in [0.2, 0.25) is 0 Å². The van der Waals surface area contributed by atoms with Crippen LogP contribution >= 0.6 is 0 Å². The Labute approximate surface area is 121 Å². The number of fused-ring (bicyclic) bond motifs is 2. The van der Waals surface area contributed by atoms with Gasteiger partial charge in [0.15, 0.2) is 0 Å². The Morgan fingerprint density at radius 2 is 1.90 bits per heavy atom. The van der Waals surface area contributed by atoms with Crippen molar-refractivity contribution in [1.29, 1.82) is 0 Å². The molecule has 3 saturated carbocycles. The van der Waals surface area contributed by atoms with Crippen molar-refractivity contribution in [3.63, 3.8) is 0 Å². The molecule has 0 saturated heterocycles. The summed E-state index contributed by atoms with van der Waals surface area (Å²) < 4.78 is 13.1. The molecular formula is C18H24FN. The topological polar surface area (TPSA) is 12.0 Å². The highest BCUT2D eigenvalue weighted by atomic mass is 19.1. The Balaban J connectivity index is 1.53. The summed E-state index contributed by atoms with van der Waals surface area (Å²) in [5.41, 5.74) is 1.76. The molecule has 0 heterocycles. The van der Waals surface area contributed by atoms with Crippen molar-refractivity contribution >= 4 is 0 Å². The zero-order valence-electron chi connectivity index (χ0n) is 12.1. The maximum absolute atomic E-state index is 13.1. The molecule has 3 unspecified atom stereocenters. The quantitative estimate of drug-likeness (QED) is 0.857. The highest BCUT2D eigenvalue weighted by Crippen LogP contribution is 2.57. The summed E-state index contributed by atoms with van der Waals surface area (Å²) >= 11 is 0. The lowest BCUT2D eigenvalue weighted by atomic mass is 9.69. The first kappa shape index (κ1) is 12.8. The summed E-state index contributed by atoms with van der Waals surface area (Å²) in [6.07, 6.45) is 9.54. The molecule has 0 spiro atoms. The molecule has 0 radical (unpaired) electrons. The van der Waals surface area contributed by atoms with Crippen molar-refractivity contribution in [1.82, 2.24) is 5.32 Å². The molecule has 0 aliphatic heterocycles. The van der Waals surface area contributed by atoms with Gasteiger partial charge in [-0.1, -0.05) is 18.6 Å². The van der Waals surface area contributed by atoms with Crippen molar-refractivity contribution in [3.05, 3.63) is 35.6 Å². The second kappa shape index (κ2) is 4.84. The van der Waals surface area contributed by atoms with E-state index in [1.807, 2.05) is 12.1 Å².